The summed E-state index contributed by atoms with van der Waals surface area (Å²) in [6.07, 6.45) is 7.51. The highest BCUT2D eigenvalue weighted by molar-refractivity contribution is 6.19. The second-order valence-corrected chi connectivity index (χ2v) is 7.22. The van der Waals surface area contributed by atoms with Crippen LogP contribution in [0.2, 0.25) is 0 Å². The number of aliphatic imine (C=N–C) groups is 1. The molecule has 27 heavy (non-hydrogen) atoms. The van der Waals surface area contributed by atoms with Crippen LogP contribution in [0.1, 0.15) is 45.6 Å². The van der Waals surface area contributed by atoms with E-state index in [2.05, 4.69) is 62.5 Å². The zero-order valence-electron chi connectivity index (χ0n) is 17.2. The van der Waals surface area contributed by atoms with E-state index in [1.165, 1.54) is 18.2 Å². The Morgan fingerprint density at radius 3 is 2.74 bits per heavy atom. The molecule has 1 aromatic rings. The minimum Gasteiger partial charge on any atom is -0.375 e. The number of benzene rings is 1. The standard InChI is InChI=1S/C23H33N3O/c1-6-9-11-19-12-10-13-20(16-19)26-15-14-25(5)22(18(4)7-2)21(23(26)27)17-24-8-3/h8,10,12-13,16-18H,3,6-7,9,11,14-15H2,1-2,4-5H3. The molecule has 0 radical (unpaired) electrons. The zero-order valence-corrected chi connectivity index (χ0v) is 17.2. The van der Waals surface area contributed by atoms with Crippen molar-refractivity contribution < 1.29 is 4.79 Å². The molecule has 4 heteroatoms. The molecule has 0 saturated heterocycles. The van der Waals surface area contributed by atoms with Crippen molar-refractivity contribution >= 4 is 17.8 Å². The molecule has 4 nitrogen and oxygen atoms in total. The number of hydrogen-bond acceptors (Lipinski definition) is 3. The van der Waals surface area contributed by atoms with Gasteiger partial charge in [-0.05, 0) is 42.9 Å². The molecule has 0 aromatic heterocycles. The van der Waals surface area contributed by atoms with Crippen molar-refractivity contribution in [2.45, 2.75) is 46.5 Å². The summed E-state index contributed by atoms with van der Waals surface area (Å²) in [6, 6.07) is 8.39. The fourth-order valence-corrected chi connectivity index (χ4v) is 3.52. The number of likely N-dealkylation sites (N-methyl/N-ethyl adjacent to an activating group) is 1. The van der Waals surface area contributed by atoms with E-state index in [0.717, 1.165) is 37.2 Å². The summed E-state index contributed by atoms with van der Waals surface area (Å²) in [4.78, 5) is 21.8. The van der Waals surface area contributed by atoms with Gasteiger partial charge in [-0.3, -0.25) is 9.79 Å². The third kappa shape index (κ3) is 5.09. The second kappa shape index (κ2) is 10.1. The molecule has 0 spiro atoms. The summed E-state index contributed by atoms with van der Waals surface area (Å²) in [6.45, 7) is 11.6. The molecule has 0 fully saturated rings. The number of nitrogens with zero attached hydrogens (tertiary/aromatic N) is 3. The summed E-state index contributed by atoms with van der Waals surface area (Å²) in [5.41, 5.74) is 3.99. The molecule has 1 atom stereocenters. The molecule has 0 bridgehead atoms. The maximum absolute atomic E-state index is 13.5. The van der Waals surface area contributed by atoms with Crippen LogP contribution in [-0.4, -0.2) is 37.2 Å². The monoisotopic (exact) mass is 367 g/mol. The van der Waals surface area contributed by atoms with Crippen LogP contribution in [0.3, 0.4) is 0 Å². The van der Waals surface area contributed by atoms with Crippen LogP contribution in [0.25, 0.3) is 0 Å². The van der Waals surface area contributed by atoms with Crippen molar-refractivity contribution in [1.29, 1.82) is 0 Å². The van der Waals surface area contributed by atoms with Gasteiger partial charge in [-0.25, -0.2) is 0 Å². The van der Waals surface area contributed by atoms with Gasteiger partial charge in [0.05, 0.1) is 5.57 Å². The summed E-state index contributed by atoms with van der Waals surface area (Å²) in [5, 5.41) is 0. The minimum atomic E-state index is 0.0212. The lowest BCUT2D eigenvalue weighted by atomic mass is 9.98. The Labute approximate surface area is 164 Å². The maximum atomic E-state index is 13.5. The molecule has 1 aliphatic heterocycles. The quantitative estimate of drug-likeness (QED) is 0.618. The zero-order chi connectivity index (χ0) is 19.8. The predicted octanol–water partition coefficient (Wildman–Crippen LogP) is 4.82. The fraction of sp³-hybridized carbons (Fsp3) is 0.478. The number of aryl methyl sites for hydroxylation is 1. The summed E-state index contributed by atoms with van der Waals surface area (Å²) >= 11 is 0. The van der Waals surface area contributed by atoms with Gasteiger partial charge >= 0.3 is 0 Å². The van der Waals surface area contributed by atoms with Gasteiger partial charge in [0.2, 0.25) is 0 Å². The number of hydrogen-bond donors (Lipinski definition) is 0. The lowest BCUT2D eigenvalue weighted by Gasteiger charge is -2.26. The maximum Gasteiger partial charge on any atom is 0.261 e. The van der Waals surface area contributed by atoms with Gasteiger partial charge in [-0.1, -0.05) is 45.9 Å². The van der Waals surface area contributed by atoms with E-state index in [1.54, 1.807) is 6.21 Å². The Morgan fingerprint density at radius 1 is 1.30 bits per heavy atom. The molecule has 1 aliphatic rings. The average Bonchev–Trinajstić information content (AvgIpc) is 2.80. The summed E-state index contributed by atoms with van der Waals surface area (Å²) < 4.78 is 0. The number of carbonyl (C=O) groups is 1. The van der Waals surface area contributed by atoms with E-state index in [0.29, 0.717) is 18.0 Å². The van der Waals surface area contributed by atoms with E-state index in [-0.39, 0.29) is 5.91 Å². The van der Waals surface area contributed by atoms with Crippen LogP contribution in [0.4, 0.5) is 5.69 Å². The van der Waals surface area contributed by atoms with Gasteiger partial charge in [-0.2, -0.15) is 0 Å². The van der Waals surface area contributed by atoms with Crippen LogP contribution in [-0.2, 0) is 11.2 Å². The fourth-order valence-electron chi connectivity index (χ4n) is 3.52. The summed E-state index contributed by atoms with van der Waals surface area (Å²) in [5.74, 6) is 0.314. The molecule has 0 saturated carbocycles. The first-order valence-electron chi connectivity index (χ1n) is 10.0. The number of allylic oxidation sites excluding steroid dienone is 1. The van der Waals surface area contributed by atoms with E-state index in [9.17, 15) is 4.79 Å². The van der Waals surface area contributed by atoms with Gasteiger partial charge in [0.15, 0.2) is 0 Å². The van der Waals surface area contributed by atoms with Crippen LogP contribution in [0, 0.1) is 5.92 Å². The van der Waals surface area contributed by atoms with E-state index in [4.69, 9.17) is 0 Å². The molecule has 0 N–H and O–H groups in total. The van der Waals surface area contributed by atoms with E-state index < -0.39 is 0 Å². The number of amides is 1. The molecular formula is C23H33N3O. The third-order valence-corrected chi connectivity index (χ3v) is 5.25. The third-order valence-electron chi connectivity index (χ3n) is 5.25. The molecule has 2 rings (SSSR count). The minimum absolute atomic E-state index is 0.0212. The van der Waals surface area contributed by atoms with Crippen molar-refractivity contribution in [3.63, 3.8) is 0 Å². The first-order valence-corrected chi connectivity index (χ1v) is 10.0. The SMILES string of the molecule is C=CN=CC1=C(C(C)CC)N(C)CCN(c2cccc(CCCC)c2)C1=O. The normalized spacial score (nSPS) is 16.8. The van der Waals surface area contributed by atoms with Gasteiger partial charge in [-0.15, -0.1) is 0 Å². The van der Waals surface area contributed by atoms with Gasteiger partial charge in [0.25, 0.3) is 5.91 Å². The highest BCUT2D eigenvalue weighted by Crippen LogP contribution is 2.28. The Hall–Kier alpha value is -2.36. The van der Waals surface area contributed by atoms with Gasteiger partial charge in [0, 0.05) is 43.9 Å². The molecule has 1 heterocycles. The number of anilines is 1. The first-order chi connectivity index (χ1) is 13.0. The molecular weight excluding hydrogens is 334 g/mol. The van der Waals surface area contributed by atoms with Crippen molar-refractivity contribution in [2.24, 2.45) is 10.9 Å². The van der Waals surface area contributed by atoms with E-state index in [1.807, 2.05) is 11.0 Å². The second-order valence-electron chi connectivity index (χ2n) is 7.22. The molecule has 1 amide bonds. The molecule has 1 aromatic carbocycles. The molecule has 1 unspecified atom stereocenters. The van der Waals surface area contributed by atoms with Crippen molar-refractivity contribution in [3.05, 3.63) is 53.9 Å². The first kappa shape index (κ1) is 20.9. The lowest BCUT2D eigenvalue weighted by Crippen LogP contribution is -2.34. The van der Waals surface area contributed by atoms with Crippen LogP contribution in [0.5, 0.6) is 0 Å². The van der Waals surface area contributed by atoms with Crippen molar-refractivity contribution in [3.8, 4) is 0 Å². The Balaban J connectivity index is 2.46. The Morgan fingerprint density at radius 2 is 2.07 bits per heavy atom. The Bertz CT molecular complexity index is 720. The summed E-state index contributed by atoms with van der Waals surface area (Å²) in [7, 11) is 2.07. The van der Waals surface area contributed by atoms with Gasteiger partial charge < -0.3 is 9.80 Å². The van der Waals surface area contributed by atoms with Gasteiger partial charge in [0.1, 0.15) is 0 Å². The Kier molecular flexibility index (Phi) is 7.83. The number of carbonyl (C=O) groups excluding carboxylic acids is 1. The van der Waals surface area contributed by atoms with Crippen LogP contribution in [0.15, 0.2) is 53.3 Å². The van der Waals surface area contributed by atoms with Crippen molar-refractivity contribution in [2.75, 3.05) is 25.0 Å². The highest BCUT2D eigenvalue weighted by Gasteiger charge is 2.29. The lowest BCUT2D eigenvalue weighted by molar-refractivity contribution is -0.114. The van der Waals surface area contributed by atoms with E-state index >= 15 is 0 Å². The highest BCUT2D eigenvalue weighted by atomic mass is 16.2. The number of unbranched alkanes of at least 4 members (excludes halogenated alkanes) is 1. The van der Waals surface area contributed by atoms with Crippen molar-refractivity contribution in [1.82, 2.24) is 4.90 Å². The van der Waals surface area contributed by atoms with Crippen LogP contribution < -0.4 is 4.90 Å². The smallest absolute Gasteiger partial charge is 0.261 e. The average molecular weight is 368 g/mol. The topological polar surface area (TPSA) is 35.9 Å². The molecule has 0 aliphatic carbocycles. The molecule has 146 valence electrons. The largest absolute Gasteiger partial charge is 0.375 e. The number of rotatable bonds is 8. The predicted molar refractivity (Wildman–Crippen MR) is 115 cm³/mol. The van der Waals surface area contributed by atoms with Crippen LogP contribution >= 0.6 is 0 Å².